The number of ether oxygens (including phenoxy) is 1. The Balaban J connectivity index is 2.30. The van der Waals surface area contributed by atoms with Crippen LogP contribution in [0.4, 0.5) is 0 Å². The van der Waals surface area contributed by atoms with E-state index in [1.165, 1.54) is 0 Å². The predicted octanol–water partition coefficient (Wildman–Crippen LogP) is 1.86. The molecule has 4 nitrogen and oxygen atoms in total. The van der Waals surface area contributed by atoms with Gasteiger partial charge in [0, 0.05) is 0 Å². The number of nitrogens with one attached hydrogen (secondary N) is 1. The molecule has 0 bridgehead atoms. The van der Waals surface area contributed by atoms with Crippen LogP contribution < -0.4 is 5.43 Å². The van der Waals surface area contributed by atoms with Gasteiger partial charge in [0.1, 0.15) is 0 Å². The number of nitrogens with zero attached hydrogens (tertiary/aromatic N) is 1. The Hall–Kier alpha value is 0.189. The zero-order valence-corrected chi connectivity index (χ0v) is 14.6. The van der Waals surface area contributed by atoms with Gasteiger partial charge in [-0.3, -0.25) is 0 Å². The molecule has 0 saturated carbocycles. The van der Waals surface area contributed by atoms with Crippen LogP contribution in [0.25, 0.3) is 0 Å². The number of amides is 1. The summed E-state index contributed by atoms with van der Waals surface area (Å²) in [6, 6.07) is 0. The van der Waals surface area contributed by atoms with Crippen LogP contribution in [0.15, 0.2) is 0 Å². The molecule has 17 heavy (non-hydrogen) atoms. The van der Waals surface area contributed by atoms with Crippen molar-refractivity contribution in [2.24, 2.45) is 0 Å². The van der Waals surface area contributed by atoms with E-state index in [1.807, 2.05) is 18.9 Å². The number of hydrogen-bond acceptors (Lipinski definition) is 3. The van der Waals surface area contributed by atoms with Crippen molar-refractivity contribution in [1.29, 1.82) is 0 Å². The van der Waals surface area contributed by atoms with Gasteiger partial charge in [-0.15, -0.1) is 0 Å². The number of carbonyl (C=O) groups is 1. The molecule has 1 aliphatic rings. The average molecular weight is 349 g/mol. The van der Waals surface area contributed by atoms with Crippen molar-refractivity contribution in [2.45, 2.75) is 51.7 Å². The third-order valence-electron chi connectivity index (χ3n) is 2.80. The predicted molar refractivity (Wildman–Crippen MR) is 72.5 cm³/mol. The molecule has 0 aromatic carbocycles. The fraction of sp³-hybridized carbons (Fsp3) is 0.917. The van der Waals surface area contributed by atoms with Crippen molar-refractivity contribution in [2.75, 3.05) is 13.1 Å². The Kier molecular flexibility index (Phi) is 5.72. The SMILES string of the molecule is CC1CN(NC(=O)C[CH2][Sn]([CH3])([CH3])[CH3])CC(C)O1. The Bertz CT molecular complexity index is 256. The summed E-state index contributed by atoms with van der Waals surface area (Å²) in [5, 5.41) is 2.00. The van der Waals surface area contributed by atoms with Crippen molar-refractivity contribution in [1.82, 2.24) is 10.4 Å². The molecule has 0 aromatic heterocycles. The summed E-state index contributed by atoms with van der Waals surface area (Å²) in [4.78, 5) is 18.9. The standard InChI is InChI=1S/C9H17N2O2.3CH3.Sn/c1-4-9(12)10-11-5-7(2)13-8(3)6-11;;;;/h7-8H,1,4-6H2,2-3H3,(H,10,12);3*1H3;. The molecule has 0 spiro atoms. The van der Waals surface area contributed by atoms with Crippen LogP contribution in [-0.2, 0) is 9.53 Å². The van der Waals surface area contributed by atoms with E-state index < -0.39 is 18.4 Å². The van der Waals surface area contributed by atoms with Gasteiger partial charge in [0.2, 0.25) is 0 Å². The summed E-state index contributed by atoms with van der Waals surface area (Å²) in [5.41, 5.74) is 3.00. The normalized spacial score (nSPS) is 26.9. The van der Waals surface area contributed by atoms with Crippen molar-refractivity contribution < 1.29 is 9.53 Å². The third kappa shape index (κ3) is 6.62. The van der Waals surface area contributed by atoms with Crippen LogP contribution in [0, 0.1) is 0 Å². The first-order chi connectivity index (χ1) is 7.76. The molecular weight excluding hydrogens is 323 g/mol. The number of hydrogen-bond donors (Lipinski definition) is 1. The molecule has 2 atom stereocenters. The molecule has 1 rings (SSSR count). The maximum absolute atomic E-state index is 11.8. The van der Waals surface area contributed by atoms with Gasteiger partial charge < -0.3 is 0 Å². The van der Waals surface area contributed by atoms with Gasteiger partial charge in [0.15, 0.2) is 0 Å². The minimum absolute atomic E-state index is 0.165. The summed E-state index contributed by atoms with van der Waals surface area (Å²) in [5.74, 6) is 0.165. The summed E-state index contributed by atoms with van der Waals surface area (Å²) in [7, 11) is 0. The molecule has 1 N–H and O–H groups in total. The third-order valence-corrected chi connectivity index (χ3v) is 7.80. The van der Waals surface area contributed by atoms with Crippen LogP contribution in [-0.4, -0.2) is 54.6 Å². The van der Waals surface area contributed by atoms with Gasteiger partial charge in [-0.1, -0.05) is 0 Å². The number of morpholine rings is 1. The monoisotopic (exact) mass is 350 g/mol. The Morgan fingerprint density at radius 3 is 2.29 bits per heavy atom. The van der Waals surface area contributed by atoms with Crippen LogP contribution in [0.2, 0.25) is 19.3 Å². The van der Waals surface area contributed by atoms with Gasteiger partial charge >= 0.3 is 109 Å². The van der Waals surface area contributed by atoms with Gasteiger partial charge in [0.25, 0.3) is 0 Å². The van der Waals surface area contributed by atoms with Gasteiger partial charge in [-0.2, -0.15) is 0 Å². The molecule has 1 amide bonds. The van der Waals surface area contributed by atoms with Gasteiger partial charge in [0.05, 0.1) is 0 Å². The molecular formula is C12H26N2O2Sn. The fourth-order valence-electron chi connectivity index (χ4n) is 1.99. The quantitative estimate of drug-likeness (QED) is 0.788. The minimum atomic E-state index is -1.80. The second-order valence-corrected chi connectivity index (χ2v) is 22.3. The number of hydrazine groups is 1. The Morgan fingerprint density at radius 2 is 1.82 bits per heavy atom. The van der Waals surface area contributed by atoms with Gasteiger partial charge in [-0.05, 0) is 0 Å². The van der Waals surface area contributed by atoms with Crippen LogP contribution in [0.1, 0.15) is 20.3 Å². The van der Waals surface area contributed by atoms with Gasteiger partial charge in [-0.25, -0.2) is 0 Å². The van der Waals surface area contributed by atoms with Crippen molar-refractivity contribution in [3.05, 3.63) is 0 Å². The number of carbonyl (C=O) groups excluding carboxylic acids is 1. The summed E-state index contributed by atoms with van der Waals surface area (Å²) in [6.07, 6.45) is 1.07. The molecule has 2 unspecified atom stereocenters. The molecule has 100 valence electrons. The van der Waals surface area contributed by atoms with E-state index in [0.717, 1.165) is 17.5 Å². The van der Waals surface area contributed by atoms with Crippen molar-refractivity contribution in [3.63, 3.8) is 0 Å². The first-order valence-electron chi connectivity index (χ1n) is 6.46. The van der Waals surface area contributed by atoms with E-state index in [-0.39, 0.29) is 18.1 Å². The summed E-state index contributed by atoms with van der Waals surface area (Å²) < 4.78 is 6.75. The molecule has 0 aromatic rings. The first-order valence-corrected chi connectivity index (χ1v) is 17.0. The second-order valence-electron chi connectivity index (χ2n) is 6.26. The summed E-state index contributed by atoms with van der Waals surface area (Å²) in [6.45, 7) is 5.66. The zero-order valence-electron chi connectivity index (χ0n) is 11.7. The van der Waals surface area contributed by atoms with E-state index in [4.69, 9.17) is 4.74 Å². The Labute approximate surface area is 109 Å². The molecule has 1 heterocycles. The topological polar surface area (TPSA) is 41.6 Å². The van der Waals surface area contributed by atoms with Crippen molar-refractivity contribution >= 4 is 24.3 Å². The molecule has 1 saturated heterocycles. The second kappa shape index (κ2) is 6.38. The molecule has 1 fully saturated rings. The molecule has 1 aliphatic heterocycles. The Morgan fingerprint density at radius 1 is 1.29 bits per heavy atom. The van der Waals surface area contributed by atoms with Crippen LogP contribution >= 0.6 is 0 Å². The maximum atomic E-state index is 11.8. The van der Waals surface area contributed by atoms with E-state index >= 15 is 0 Å². The zero-order chi connectivity index (χ0) is 13.1. The van der Waals surface area contributed by atoms with Crippen molar-refractivity contribution in [3.8, 4) is 0 Å². The molecule has 0 aliphatic carbocycles. The van der Waals surface area contributed by atoms with E-state index in [1.54, 1.807) is 0 Å². The first kappa shape index (κ1) is 15.2. The summed E-state index contributed by atoms with van der Waals surface area (Å²) >= 11 is -1.80. The van der Waals surface area contributed by atoms with Crippen LogP contribution in [0.3, 0.4) is 0 Å². The van der Waals surface area contributed by atoms with E-state index in [0.29, 0.717) is 6.42 Å². The van der Waals surface area contributed by atoms with Crippen LogP contribution in [0.5, 0.6) is 0 Å². The average Bonchev–Trinajstić information content (AvgIpc) is 2.11. The van der Waals surface area contributed by atoms with E-state index in [9.17, 15) is 4.79 Å². The number of rotatable bonds is 4. The van der Waals surface area contributed by atoms with E-state index in [2.05, 4.69) is 20.2 Å². The fourth-order valence-corrected chi connectivity index (χ4v) is 4.78. The molecule has 5 heteroatoms. The molecule has 0 radical (unpaired) electrons.